The van der Waals surface area contributed by atoms with Crippen molar-refractivity contribution >= 4 is 21.6 Å². The molecule has 2 aromatic rings. The van der Waals surface area contributed by atoms with Gasteiger partial charge in [0.2, 0.25) is 0 Å². The molecule has 20 heavy (non-hydrogen) atoms. The zero-order valence-electron chi connectivity index (χ0n) is 11.3. The molecule has 0 radical (unpaired) electrons. The second-order valence-electron chi connectivity index (χ2n) is 4.27. The second kappa shape index (κ2) is 6.13. The number of halogens is 1. The summed E-state index contributed by atoms with van der Waals surface area (Å²) in [5.74, 6) is 1.64. The van der Waals surface area contributed by atoms with Crippen molar-refractivity contribution in [3.63, 3.8) is 0 Å². The van der Waals surface area contributed by atoms with E-state index in [0.717, 1.165) is 35.7 Å². The van der Waals surface area contributed by atoms with Crippen LogP contribution in [0.3, 0.4) is 0 Å². The van der Waals surface area contributed by atoms with Crippen LogP contribution in [0.15, 0.2) is 18.2 Å². The van der Waals surface area contributed by atoms with Crippen molar-refractivity contribution in [2.24, 2.45) is 0 Å². The second-order valence-corrected chi connectivity index (χ2v) is 4.83. The van der Waals surface area contributed by atoms with Crippen LogP contribution in [0.5, 0.6) is 0 Å². The van der Waals surface area contributed by atoms with Gasteiger partial charge in [-0.3, -0.25) is 10.1 Å². The Morgan fingerprint density at radius 2 is 2.10 bits per heavy atom. The van der Waals surface area contributed by atoms with E-state index in [1.165, 1.54) is 6.07 Å². The van der Waals surface area contributed by atoms with E-state index in [-0.39, 0.29) is 5.69 Å². The summed E-state index contributed by atoms with van der Waals surface area (Å²) in [5.41, 5.74) is 1.73. The molecule has 0 aliphatic carbocycles. The first kappa shape index (κ1) is 14.6. The van der Waals surface area contributed by atoms with Gasteiger partial charge < -0.3 is 0 Å². The third-order valence-corrected chi connectivity index (χ3v) is 3.60. The number of nitrogens with zero attached hydrogens (tertiary/aromatic N) is 4. The molecule has 0 N–H and O–H groups in total. The number of hydrogen-bond acceptors (Lipinski definition) is 4. The number of nitro groups is 1. The summed E-state index contributed by atoms with van der Waals surface area (Å²) < 4.78 is 1.78. The Kier molecular flexibility index (Phi) is 4.49. The maximum absolute atomic E-state index is 10.8. The van der Waals surface area contributed by atoms with Gasteiger partial charge in [-0.15, -0.1) is 0 Å². The Morgan fingerprint density at radius 1 is 1.35 bits per heavy atom. The molecule has 0 aliphatic heterocycles. The maximum Gasteiger partial charge on any atom is 0.269 e. The highest BCUT2D eigenvalue weighted by Crippen LogP contribution is 2.24. The van der Waals surface area contributed by atoms with E-state index in [2.05, 4.69) is 26.0 Å². The van der Waals surface area contributed by atoms with E-state index >= 15 is 0 Å². The molecule has 106 valence electrons. The Morgan fingerprint density at radius 3 is 2.65 bits per heavy atom. The van der Waals surface area contributed by atoms with Gasteiger partial charge in [0.05, 0.1) is 10.6 Å². The van der Waals surface area contributed by atoms with Gasteiger partial charge in [0.1, 0.15) is 5.82 Å². The molecular weight excluding hydrogens is 324 g/mol. The first-order valence-electron chi connectivity index (χ1n) is 6.39. The predicted octanol–water partition coefficient (Wildman–Crippen LogP) is 3.20. The van der Waals surface area contributed by atoms with Gasteiger partial charge in [0.25, 0.3) is 5.69 Å². The van der Waals surface area contributed by atoms with Gasteiger partial charge >= 0.3 is 0 Å². The number of aryl methyl sites for hydroxylation is 2. The number of benzene rings is 1. The van der Waals surface area contributed by atoms with Crippen LogP contribution in [-0.4, -0.2) is 19.7 Å². The average molecular weight is 339 g/mol. The molecule has 6 nitrogen and oxygen atoms in total. The van der Waals surface area contributed by atoms with E-state index < -0.39 is 4.92 Å². The Labute approximate surface area is 125 Å². The fourth-order valence-electron chi connectivity index (χ4n) is 1.96. The van der Waals surface area contributed by atoms with E-state index in [9.17, 15) is 10.1 Å². The summed E-state index contributed by atoms with van der Waals surface area (Å²) in [4.78, 5) is 14.9. The minimum Gasteiger partial charge on any atom is -0.258 e. The summed E-state index contributed by atoms with van der Waals surface area (Å²) in [6.45, 7) is 4.01. The highest BCUT2D eigenvalue weighted by Gasteiger charge is 2.15. The molecule has 0 saturated carbocycles. The Balaban J connectivity index is 2.57. The fraction of sp³-hybridized carbons (Fsp3) is 0.385. The van der Waals surface area contributed by atoms with Gasteiger partial charge in [0, 0.05) is 30.3 Å². The van der Waals surface area contributed by atoms with Crippen LogP contribution < -0.4 is 0 Å². The number of aromatic nitrogens is 3. The number of nitro benzene ring substituents is 1. The molecule has 1 aromatic heterocycles. The van der Waals surface area contributed by atoms with Crippen molar-refractivity contribution in [1.82, 2.24) is 14.8 Å². The number of non-ortho nitro benzene ring substituents is 1. The van der Waals surface area contributed by atoms with Crippen LogP contribution in [0.25, 0.3) is 5.69 Å². The summed E-state index contributed by atoms with van der Waals surface area (Å²) in [6.07, 6.45) is 1.52. The molecule has 0 fully saturated rings. The predicted molar refractivity (Wildman–Crippen MR) is 79.4 cm³/mol. The van der Waals surface area contributed by atoms with Crippen molar-refractivity contribution < 1.29 is 4.92 Å². The smallest absolute Gasteiger partial charge is 0.258 e. The molecular formula is C13H15BrN4O2. The topological polar surface area (TPSA) is 73.8 Å². The molecule has 0 aliphatic rings. The van der Waals surface area contributed by atoms with Crippen molar-refractivity contribution in [3.8, 4) is 5.69 Å². The largest absolute Gasteiger partial charge is 0.269 e. The van der Waals surface area contributed by atoms with Crippen LogP contribution in [0.1, 0.15) is 31.1 Å². The van der Waals surface area contributed by atoms with Crippen molar-refractivity contribution in [3.05, 3.63) is 45.5 Å². The van der Waals surface area contributed by atoms with Crippen LogP contribution in [0.4, 0.5) is 5.69 Å². The highest BCUT2D eigenvalue weighted by molar-refractivity contribution is 9.08. The molecule has 0 amide bonds. The van der Waals surface area contributed by atoms with Crippen molar-refractivity contribution in [1.29, 1.82) is 0 Å². The van der Waals surface area contributed by atoms with Crippen LogP contribution in [0.2, 0.25) is 0 Å². The van der Waals surface area contributed by atoms with Gasteiger partial charge in [-0.05, 0) is 11.6 Å². The van der Waals surface area contributed by atoms with Gasteiger partial charge in [-0.2, -0.15) is 5.10 Å². The van der Waals surface area contributed by atoms with Gasteiger partial charge in [-0.1, -0.05) is 29.8 Å². The highest BCUT2D eigenvalue weighted by atomic mass is 79.9. The average Bonchev–Trinajstić information content (AvgIpc) is 2.89. The zero-order valence-corrected chi connectivity index (χ0v) is 12.9. The van der Waals surface area contributed by atoms with Crippen LogP contribution in [0, 0.1) is 10.1 Å². The van der Waals surface area contributed by atoms with Crippen molar-refractivity contribution in [2.45, 2.75) is 32.0 Å². The number of alkyl halides is 1. The zero-order chi connectivity index (χ0) is 14.7. The normalized spacial score (nSPS) is 10.8. The summed E-state index contributed by atoms with van der Waals surface area (Å²) in [6, 6.07) is 4.78. The lowest BCUT2D eigenvalue weighted by atomic mass is 10.2. The lowest BCUT2D eigenvalue weighted by molar-refractivity contribution is -0.384. The van der Waals surface area contributed by atoms with Crippen LogP contribution in [-0.2, 0) is 18.2 Å². The third kappa shape index (κ3) is 2.72. The summed E-state index contributed by atoms with van der Waals surface area (Å²) in [7, 11) is 0. The number of rotatable bonds is 5. The minimum atomic E-state index is -0.393. The molecule has 0 unspecified atom stereocenters. The SMILES string of the molecule is CCc1nc(CC)n(-c2ccc([N+](=O)[O-])cc2CBr)n1. The quantitative estimate of drug-likeness (QED) is 0.476. The molecule has 2 rings (SSSR count). The minimum absolute atomic E-state index is 0.0806. The molecule has 0 saturated heterocycles. The molecule has 7 heteroatoms. The summed E-state index contributed by atoms with van der Waals surface area (Å²) in [5, 5.41) is 15.8. The van der Waals surface area contributed by atoms with E-state index in [4.69, 9.17) is 0 Å². The fourth-order valence-corrected chi connectivity index (χ4v) is 2.41. The van der Waals surface area contributed by atoms with Crippen molar-refractivity contribution in [2.75, 3.05) is 0 Å². The van der Waals surface area contributed by atoms with Crippen LogP contribution >= 0.6 is 15.9 Å². The van der Waals surface area contributed by atoms with E-state index in [1.54, 1.807) is 16.8 Å². The summed E-state index contributed by atoms with van der Waals surface area (Å²) >= 11 is 3.38. The maximum atomic E-state index is 10.8. The standard InChI is InChI=1S/C13H15BrN4O2/c1-3-12-15-13(4-2)17(16-12)11-6-5-10(18(19)20)7-9(11)8-14/h5-7H,3-4,8H2,1-2H3. The number of hydrogen-bond donors (Lipinski definition) is 0. The van der Waals surface area contributed by atoms with Gasteiger partial charge in [-0.25, -0.2) is 9.67 Å². The lowest BCUT2D eigenvalue weighted by Crippen LogP contribution is -2.05. The molecule has 0 spiro atoms. The Bertz CT molecular complexity index is 639. The van der Waals surface area contributed by atoms with E-state index in [1.807, 2.05) is 13.8 Å². The molecule has 0 atom stereocenters. The Hall–Kier alpha value is -1.76. The molecule has 1 aromatic carbocycles. The van der Waals surface area contributed by atoms with Gasteiger partial charge in [0.15, 0.2) is 5.82 Å². The molecule has 0 bridgehead atoms. The van der Waals surface area contributed by atoms with E-state index in [0.29, 0.717) is 5.33 Å². The first-order valence-corrected chi connectivity index (χ1v) is 7.51. The first-order chi connectivity index (χ1) is 9.60. The molecule has 1 heterocycles. The monoisotopic (exact) mass is 338 g/mol. The lowest BCUT2D eigenvalue weighted by Gasteiger charge is -2.09. The third-order valence-electron chi connectivity index (χ3n) is 3.00.